The number of sulfonamides is 1. The Morgan fingerprint density at radius 3 is 2.52 bits per heavy atom. The average Bonchev–Trinajstić information content (AvgIpc) is 2.97. The first kappa shape index (κ1) is 19.3. The van der Waals surface area contributed by atoms with Crippen molar-refractivity contribution in [2.24, 2.45) is 4.40 Å². The molecule has 142 valence electrons. The van der Waals surface area contributed by atoms with Gasteiger partial charge in [-0.3, -0.25) is 4.79 Å². The summed E-state index contributed by atoms with van der Waals surface area (Å²) in [6.45, 7) is 3.82. The van der Waals surface area contributed by atoms with E-state index in [0.29, 0.717) is 0 Å². The molecule has 0 N–H and O–H groups in total. The van der Waals surface area contributed by atoms with Crippen LogP contribution in [0.5, 0.6) is 0 Å². The summed E-state index contributed by atoms with van der Waals surface area (Å²) in [6, 6.07) is 12.3. The molecule has 6 nitrogen and oxygen atoms in total. The fraction of sp³-hybridized carbons (Fsp3) is 0.263. The number of nitrogens with zero attached hydrogens (tertiary/aromatic N) is 2. The number of benzene rings is 2. The molecule has 0 aliphatic heterocycles. The number of rotatable bonds is 5. The van der Waals surface area contributed by atoms with Crippen LogP contribution in [0, 0.1) is 6.92 Å². The number of esters is 1. The number of hydrogen-bond donors (Lipinski definition) is 0. The van der Waals surface area contributed by atoms with Gasteiger partial charge in [0.1, 0.15) is 6.54 Å². The number of aryl methyl sites for hydroxylation is 2. The lowest BCUT2D eigenvalue weighted by Crippen LogP contribution is -2.22. The topological polar surface area (TPSA) is 77.7 Å². The highest BCUT2D eigenvalue weighted by Crippen LogP contribution is 2.21. The molecule has 3 aromatic rings. The molecular weight excluding hydrogens is 384 g/mol. The zero-order chi connectivity index (χ0) is 19.6. The van der Waals surface area contributed by atoms with Gasteiger partial charge in [-0.15, -0.1) is 4.40 Å². The van der Waals surface area contributed by atoms with Gasteiger partial charge < -0.3 is 9.30 Å². The third-order valence-electron chi connectivity index (χ3n) is 4.19. The Balaban J connectivity index is 2.21. The molecular formula is C19H20N2O4S2. The van der Waals surface area contributed by atoms with Crippen molar-refractivity contribution in [1.29, 1.82) is 0 Å². The second-order valence-electron chi connectivity index (χ2n) is 6.08. The van der Waals surface area contributed by atoms with Crippen molar-refractivity contribution in [2.75, 3.05) is 7.11 Å². The van der Waals surface area contributed by atoms with Crippen molar-refractivity contribution in [3.8, 4) is 0 Å². The minimum atomic E-state index is -3.90. The summed E-state index contributed by atoms with van der Waals surface area (Å²) >= 11 is 1.24. The molecule has 1 aromatic heterocycles. The number of carbonyl (C=O) groups excluding carboxylic acids is 1. The summed E-state index contributed by atoms with van der Waals surface area (Å²) < 4.78 is 36.7. The summed E-state index contributed by atoms with van der Waals surface area (Å²) in [5.74, 6) is -0.469. The molecule has 0 amide bonds. The van der Waals surface area contributed by atoms with Gasteiger partial charge >= 0.3 is 5.97 Å². The van der Waals surface area contributed by atoms with Gasteiger partial charge in [0.2, 0.25) is 4.80 Å². The van der Waals surface area contributed by atoms with Crippen molar-refractivity contribution in [3.05, 3.63) is 58.4 Å². The molecule has 0 atom stereocenters. The van der Waals surface area contributed by atoms with Gasteiger partial charge in [0.15, 0.2) is 0 Å². The summed E-state index contributed by atoms with van der Waals surface area (Å²) in [7, 11) is -2.60. The minimum Gasteiger partial charge on any atom is -0.468 e. The van der Waals surface area contributed by atoms with Crippen LogP contribution in [-0.4, -0.2) is 26.1 Å². The largest absolute Gasteiger partial charge is 0.468 e. The maximum atomic E-state index is 12.7. The van der Waals surface area contributed by atoms with Gasteiger partial charge in [0.05, 0.1) is 22.2 Å². The van der Waals surface area contributed by atoms with Crippen LogP contribution in [0.2, 0.25) is 0 Å². The number of aromatic nitrogens is 1. The summed E-state index contributed by atoms with van der Waals surface area (Å²) in [5, 5.41) is 0. The SMILES string of the molecule is CCc1ccc2c(c1)sc(=NS(=O)(=O)c1ccc(C)cc1)n2CC(=O)OC. The first-order chi connectivity index (χ1) is 12.8. The molecule has 0 aliphatic carbocycles. The van der Waals surface area contributed by atoms with Crippen LogP contribution in [0.4, 0.5) is 0 Å². The highest BCUT2D eigenvalue weighted by molar-refractivity contribution is 7.90. The summed E-state index contributed by atoms with van der Waals surface area (Å²) in [5.41, 5.74) is 2.84. The van der Waals surface area contributed by atoms with Crippen LogP contribution in [0.1, 0.15) is 18.1 Å². The van der Waals surface area contributed by atoms with E-state index in [2.05, 4.69) is 4.40 Å². The Kier molecular flexibility index (Phi) is 5.48. The maximum absolute atomic E-state index is 12.7. The molecule has 0 aliphatic rings. The van der Waals surface area contributed by atoms with E-state index in [-0.39, 0.29) is 16.2 Å². The smallest absolute Gasteiger partial charge is 0.325 e. The number of fused-ring (bicyclic) bond motifs is 1. The first-order valence-electron chi connectivity index (χ1n) is 8.41. The van der Waals surface area contributed by atoms with Gasteiger partial charge in [-0.1, -0.05) is 42.0 Å². The maximum Gasteiger partial charge on any atom is 0.325 e. The monoisotopic (exact) mass is 404 g/mol. The summed E-state index contributed by atoms with van der Waals surface area (Å²) in [6.07, 6.45) is 0.860. The van der Waals surface area contributed by atoms with E-state index in [1.54, 1.807) is 16.7 Å². The second-order valence-corrected chi connectivity index (χ2v) is 8.70. The van der Waals surface area contributed by atoms with E-state index in [9.17, 15) is 13.2 Å². The third-order valence-corrected chi connectivity index (χ3v) is 6.63. The Morgan fingerprint density at radius 2 is 1.89 bits per heavy atom. The van der Waals surface area contributed by atoms with Gasteiger partial charge in [0, 0.05) is 0 Å². The lowest BCUT2D eigenvalue weighted by Gasteiger charge is -2.04. The molecule has 0 unspecified atom stereocenters. The number of thiazole rings is 1. The quantitative estimate of drug-likeness (QED) is 0.613. The van der Waals surface area contributed by atoms with Gasteiger partial charge in [-0.25, -0.2) is 0 Å². The van der Waals surface area contributed by atoms with Crippen LogP contribution in [0.15, 0.2) is 51.8 Å². The predicted octanol–water partition coefficient (Wildman–Crippen LogP) is 3.04. The zero-order valence-corrected chi connectivity index (χ0v) is 16.9. The fourth-order valence-corrected chi connectivity index (χ4v) is 4.92. The first-order valence-corrected chi connectivity index (χ1v) is 10.7. The highest BCUT2D eigenvalue weighted by Gasteiger charge is 2.16. The van der Waals surface area contributed by atoms with Crippen LogP contribution < -0.4 is 4.80 Å². The van der Waals surface area contributed by atoms with Crippen molar-refractivity contribution in [2.45, 2.75) is 31.7 Å². The van der Waals surface area contributed by atoms with Crippen molar-refractivity contribution >= 4 is 37.5 Å². The van der Waals surface area contributed by atoms with E-state index in [1.165, 1.54) is 30.6 Å². The summed E-state index contributed by atoms with van der Waals surface area (Å²) in [4.78, 5) is 12.2. The van der Waals surface area contributed by atoms with E-state index >= 15 is 0 Å². The molecule has 0 saturated heterocycles. The predicted molar refractivity (Wildman–Crippen MR) is 105 cm³/mol. The van der Waals surface area contributed by atoms with Crippen LogP contribution in [-0.2, 0) is 32.5 Å². The highest BCUT2D eigenvalue weighted by atomic mass is 32.2. The fourth-order valence-electron chi connectivity index (χ4n) is 2.62. The third kappa shape index (κ3) is 4.12. The Hall–Kier alpha value is -2.45. The second kappa shape index (κ2) is 7.66. The van der Waals surface area contributed by atoms with Crippen LogP contribution >= 0.6 is 11.3 Å². The van der Waals surface area contributed by atoms with Crippen LogP contribution in [0.25, 0.3) is 10.2 Å². The lowest BCUT2D eigenvalue weighted by atomic mass is 10.2. The van der Waals surface area contributed by atoms with E-state index < -0.39 is 16.0 Å². The number of hydrogen-bond acceptors (Lipinski definition) is 5. The molecule has 0 radical (unpaired) electrons. The average molecular weight is 405 g/mol. The number of carbonyl (C=O) groups is 1. The normalized spacial score (nSPS) is 12.5. The number of methoxy groups -OCH3 is 1. The molecule has 1 heterocycles. The van der Waals surface area contributed by atoms with Crippen molar-refractivity contribution < 1.29 is 17.9 Å². The Bertz CT molecular complexity index is 1160. The standard InChI is InChI=1S/C19H20N2O4S2/c1-4-14-7-10-16-17(11-14)26-19(21(16)12-18(22)25-3)20-27(23,24)15-8-5-13(2)6-9-15/h5-11H,4,12H2,1-3H3. The number of ether oxygens (including phenoxy) is 1. The van der Waals surface area contributed by atoms with Gasteiger partial charge in [0.25, 0.3) is 10.0 Å². The lowest BCUT2D eigenvalue weighted by molar-refractivity contribution is -0.141. The molecule has 0 bridgehead atoms. The van der Waals surface area contributed by atoms with E-state index in [1.807, 2.05) is 32.0 Å². The Labute approximate surface area is 161 Å². The van der Waals surface area contributed by atoms with E-state index in [4.69, 9.17) is 4.74 Å². The molecule has 0 fully saturated rings. The van der Waals surface area contributed by atoms with Crippen molar-refractivity contribution in [3.63, 3.8) is 0 Å². The van der Waals surface area contributed by atoms with E-state index in [0.717, 1.165) is 27.8 Å². The van der Waals surface area contributed by atoms with Gasteiger partial charge in [-0.2, -0.15) is 8.42 Å². The van der Waals surface area contributed by atoms with Gasteiger partial charge in [-0.05, 0) is 43.2 Å². The molecule has 0 spiro atoms. The molecule has 0 saturated carbocycles. The molecule has 2 aromatic carbocycles. The minimum absolute atomic E-state index is 0.107. The van der Waals surface area contributed by atoms with Crippen molar-refractivity contribution in [1.82, 2.24) is 4.57 Å². The molecule has 8 heteroatoms. The molecule has 3 rings (SSSR count). The Morgan fingerprint density at radius 1 is 1.19 bits per heavy atom. The molecule has 27 heavy (non-hydrogen) atoms. The zero-order valence-electron chi connectivity index (χ0n) is 15.3. The van der Waals surface area contributed by atoms with Crippen LogP contribution in [0.3, 0.4) is 0 Å².